The maximum atomic E-state index is 11.3. The molecule has 0 aromatic heterocycles. The van der Waals surface area contributed by atoms with Gasteiger partial charge in [-0.2, -0.15) is 16.8 Å². The quantitative estimate of drug-likeness (QED) is 0.727. The molecule has 1 aromatic rings. The first-order valence-corrected chi connectivity index (χ1v) is 9.39. The van der Waals surface area contributed by atoms with Crippen LogP contribution in [0.4, 0.5) is 0 Å². The van der Waals surface area contributed by atoms with Crippen molar-refractivity contribution >= 4 is 32.2 Å². The lowest BCUT2D eigenvalue weighted by molar-refractivity contribution is 0.0320. The van der Waals surface area contributed by atoms with E-state index in [2.05, 4.69) is 0 Å². The van der Waals surface area contributed by atoms with Crippen molar-refractivity contribution in [3.8, 4) is 0 Å². The molecule has 0 saturated carbocycles. The molecule has 22 heavy (non-hydrogen) atoms. The topological polar surface area (TPSA) is 139 Å². The third-order valence-corrected chi connectivity index (χ3v) is 3.96. The first-order chi connectivity index (χ1) is 9.91. The van der Waals surface area contributed by atoms with Gasteiger partial charge in [0, 0.05) is 10.6 Å². The van der Waals surface area contributed by atoms with Crippen LogP contribution in [0.5, 0.6) is 0 Å². The number of hydrogen-bond donors (Lipinski definition) is 2. The third kappa shape index (κ3) is 6.16. The zero-order chi connectivity index (χ0) is 17.1. The summed E-state index contributed by atoms with van der Waals surface area (Å²) in [5.41, 5.74) is 0.209. The SMILES string of the molecule is CC(C)[C@H](OS(N)(=O)=O)[C@@H](OS(N)(=O)=O)c1ccccc1Cl. The molecule has 8 nitrogen and oxygen atoms in total. The lowest BCUT2D eigenvalue weighted by Gasteiger charge is -2.28. The smallest absolute Gasteiger partial charge is 0.251 e. The van der Waals surface area contributed by atoms with E-state index in [1.165, 1.54) is 12.1 Å². The van der Waals surface area contributed by atoms with Gasteiger partial charge >= 0.3 is 20.6 Å². The highest BCUT2D eigenvalue weighted by Gasteiger charge is 2.35. The summed E-state index contributed by atoms with van der Waals surface area (Å²) < 4.78 is 54.6. The normalized spacial score (nSPS) is 15.7. The van der Waals surface area contributed by atoms with Crippen LogP contribution in [-0.2, 0) is 29.0 Å². The summed E-state index contributed by atoms with van der Waals surface area (Å²) in [7, 11) is -8.75. The van der Waals surface area contributed by atoms with Crippen LogP contribution in [0.3, 0.4) is 0 Å². The molecule has 0 amide bonds. The predicted octanol–water partition coefficient (Wildman–Crippen LogP) is 0.846. The van der Waals surface area contributed by atoms with Crippen molar-refractivity contribution in [3.05, 3.63) is 34.9 Å². The summed E-state index contributed by atoms with van der Waals surface area (Å²) in [5, 5.41) is 9.94. The maximum Gasteiger partial charge on any atom is 0.333 e. The van der Waals surface area contributed by atoms with E-state index in [-0.39, 0.29) is 10.6 Å². The minimum atomic E-state index is -4.40. The van der Waals surface area contributed by atoms with Crippen LogP contribution in [0.15, 0.2) is 24.3 Å². The molecule has 1 aromatic carbocycles. The Morgan fingerprint density at radius 2 is 1.50 bits per heavy atom. The highest BCUT2D eigenvalue weighted by atomic mass is 35.5. The van der Waals surface area contributed by atoms with Gasteiger partial charge in [-0.15, -0.1) is 0 Å². The van der Waals surface area contributed by atoms with Gasteiger partial charge in [0.1, 0.15) is 12.2 Å². The molecular formula is C11H17ClN2O6S2. The van der Waals surface area contributed by atoms with Crippen molar-refractivity contribution in [1.82, 2.24) is 0 Å². The summed E-state index contributed by atoms with van der Waals surface area (Å²) in [6.45, 7) is 3.21. The van der Waals surface area contributed by atoms with Crippen molar-refractivity contribution in [3.63, 3.8) is 0 Å². The number of rotatable bonds is 7. The molecule has 2 atom stereocenters. The van der Waals surface area contributed by atoms with Gasteiger partial charge in [0.25, 0.3) is 0 Å². The summed E-state index contributed by atoms with van der Waals surface area (Å²) in [6, 6.07) is 6.16. The van der Waals surface area contributed by atoms with Gasteiger partial charge in [-0.05, 0) is 12.0 Å². The monoisotopic (exact) mass is 372 g/mol. The van der Waals surface area contributed by atoms with E-state index in [4.69, 9.17) is 30.2 Å². The third-order valence-electron chi connectivity index (χ3n) is 2.65. The van der Waals surface area contributed by atoms with Gasteiger partial charge in [0.15, 0.2) is 0 Å². The number of halogens is 1. The zero-order valence-electron chi connectivity index (χ0n) is 11.8. The Morgan fingerprint density at radius 1 is 1.00 bits per heavy atom. The first-order valence-electron chi connectivity index (χ1n) is 6.07. The molecular weight excluding hydrogens is 356 g/mol. The van der Waals surface area contributed by atoms with Gasteiger partial charge in [0.2, 0.25) is 0 Å². The van der Waals surface area contributed by atoms with E-state index in [1.807, 2.05) is 0 Å². The lowest BCUT2D eigenvalue weighted by atomic mass is 9.96. The van der Waals surface area contributed by atoms with E-state index < -0.39 is 38.7 Å². The fourth-order valence-corrected chi connectivity index (χ4v) is 3.18. The van der Waals surface area contributed by atoms with Crippen LogP contribution < -0.4 is 10.3 Å². The van der Waals surface area contributed by atoms with Gasteiger partial charge in [-0.3, -0.25) is 4.18 Å². The van der Waals surface area contributed by atoms with Gasteiger partial charge < -0.3 is 0 Å². The molecule has 0 unspecified atom stereocenters. The number of benzene rings is 1. The van der Waals surface area contributed by atoms with Gasteiger partial charge in [0.05, 0.1) is 0 Å². The van der Waals surface area contributed by atoms with Gasteiger partial charge in [-0.25, -0.2) is 14.5 Å². The van der Waals surface area contributed by atoms with E-state index in [9.17, 15) is 16.8 Å². The summed E-state index contributed by atoms with van der Waals surface area (Å²) >= 11 is 6.02. The molecule has 0 spiro atoms. The number of nitrogens with two attached hydrogens (primary N) is 2. The van der Waals surface area contributed by atoms with E-state index in [0.29, 0.717) is 0 Å². The van der Waals surface area contributed by atoms with Gasteiger partial charge in [-0.1, -0.05) is 43.6 Å². The van der Waals surface area contributed by atoms with Crippen LogP contribution in [0, 0.1) is 5.92 Å². The van der Waals surface area contributed by atoms with Crippen LogP contribution in [-0.4, -0.2) is 22.9 Å². The van der Waals surface area contributed by atoms with Crippen LogP contribution >= 0.6 is 11.6 Å². The van der Waals surface area contributed by atoms with E-state index in [0.717, 1.165) is 0 Å². The second kappa shape index (κ2) is 7.21. The van der Waals surface area contributed by atoms with Crippen LogP contribution in [0.1, 0.15) is 25.5 Å². The molecule has 0 saturated heterocycles. The zero-order valence-corrected chi connectivity index (χ0v) is 14.2. The van der Waals surface area contributed by atoms with Crippen molar-refractivity contribution in [1.29, 1.82) is 0 Å². The summed E-state index contributed by atoms with van der Waals surface area (Å²) in [5.74, 6) is -0.471. The van der Waals surface area contributed by atoms with E-state index in [1.54, 1.807) is 26.0 Å². The van der Waals surface area contributed by atoms with Crippen molar-refractivity contribution in [2.75, 3.05) is 0 Å². The molecule has 0 fully saturated rings. The Kier molecular flexibility index (Phi) is 6.33. The van der Waals surface area contributed by atoms with Crippen molar-refractivity contribution in [2.45, 2.75) is 26.1 Å². The second-order valence-electron chi connectivity index (χ2n) is 4.83. The Hall–Kier alpha value is -0.750. The average Bonchev–Trinajstić information content (AvgIpc) is 2.32. The predicted molar refractivity (Wildman–Crippen MR) is 81.2 cm³/mol. The van der Waals surface area contributed by atoms with Crippen molar-refractivity contribution in [2.24, 2.45) is 16.2 Å². The van der Waals surface area contributed by atoms with Crippen LogP contribution in [0.25, 0.3) is 0 Å². The molecule has 0 radical (unpaired) electrons. The fraction of sp³-hybridized carbons (Fsp3) is 0.455. The first kappa shape index (κ1) is 19.3. The lowest BCUT2D eigenvalue weighted by Crippen LogP contribution is -2.36. The van der Waals surface area contributed by atoms with E-state index >= 15 is 0 Å². The Balaban J connectivity index is 3.37. The molecule has 11 heteroatoms. The highest BCUT2D eigenvalue weighted by Crippen LogP contribution is 2.34. The minimum Gasteiger partial charge on any atom is -0.251 e. The molecule has 0 bridgehead atoms. The average molecular weight is 373 g/mol. The Labute approximate surface area is 134 Å². The molecule has 0 aliphatic rings. The van der Waals surface area contributed by atoms with Crippen molar-refractivity contribution < 1.29 is 25.2 Å². The van der Waals surface area contributed by atoms with Crippen LogP contribution in [0.2, 0.25) is 5.02 Å². The maximum absolute atomic E-state index is 11.3. The second-order valence-corrected chi connectivity index (χ2v) is 7.59. The largest absolute Gasteiger partial charge is 0.333 e. The molecule has 4 N–H and O–H groups in total. The summed E-state index contributed by atoms with van der Waals surface area (Å²) in [4.78, 5) is 0. The number of hydrogen-bond acceptors (Lipinski definition) is 6. The standard InChI is InChI=1S/C11H17ClN2O6S2/c1-7(2)10(19-21(13,15)16)11(20-22(14,17)18)8-5-3-4-6-9(8)12/h3-7,10-11H,1-2H3,(H2,13,15,16)(H2,14,17,18)/t10-,11-/m0/s1. The molecule has 0 aliphatic carbocycles. The minimum absolute atomic E-state index is 0.166. The molecule has 1 rings (SSSR count). The summed E-state index contributed by atoms with van der Waals surface area (Å²) in [6.07, 6.45) is -2.62. The molecule has 0 aliphatic heterocycles. The molecule has 126 valence electrons. The fourth-order valence-electron chi connectivity index (χ4n) is 1.80. The highest BCUT2D eigenvalue weighted by molar-refractivity contribution is 7.84. The Morgan fingerprint density at radius 3 is 1.91 bits per heavy atom. The molecule has 0 heterocycles. The Bertz CT molecular complexity index is 720.